The van der Waals surface area contributed by atoms with Gasteiger partial charge in [0.25, 0.3) is 0 Å². The number of hydrogen-bond acceptors (Lipinski definition) is 4. The van der Waals surface area contributed by atoms with Crippen LogP contribution in [-0.4, -0.2) is 35.1 Å². The number of carbonyl (C=O) groups is 1. The molecular weight excluding hydrogens is 244 g/mol. The van der Waals surface area contributed by atoms with E-state index >= 15 is 0 Å². The predicted octanol–water partition coefficient (Wildman–Crippen LogP) is 2.86. The van der Waals surface area contributed by atoms with E-state index in [-0.39, 0.29) is 11.6 Å². The fourth-order valence-corrected chi connectivity index (χ4v) is 1.64. The molecule has 0 bridgehead atoms. The lowest BCUT2D eigenvalue weighted by Crippen LogP contribution is -2.44. The van der Waals surface area contributed by atoms with Crippen molar-refractivity contribution < 1.29 is 14.7 Å². The van der Waals surface area contributed by atoms with Crippen LogP contribution in [0, 0.1) is 0 Å². The predicted molar refractivity (Wildman–Crippen MR) is 73.5 cm³/mol. The molecule has 1 N–H and O–H groups in total. The maximum atomic E-state index is 11.8. The van der Waals surface area contributed by atoms with Crippen LogP contribution in [0.25, 0.3) is 0 Å². The summed E-state index contributed by atoms with van der Waals surface area (Å²) < 4.78 is 4.81. The highest BCUT2D eigenvalue weighted by molar-refractivity contribution is 5.79. The topological polar surface area (TPSA) is 62.1 Å². The number of hydrogen-bond donors (Lipinski definition) is 1. The van der Waals surface area contributed by atoms with E-state index in [9.17, 15) is 4.79 Å². The van der Waals surface area contributed by atoms with Gasteiger partial charge in [0.15, 0.2) is 0 Å². The Bertz CT molecular complexity index is 447. The Morgan fingerprint density at radius 2 is 1.95 bits per heavy atom. The molecule has 0 spiro atoms. The number of rotatable bonds is 3. The largest absolute Gasteiger partial charge is 0.453 e. The molecule has 0 fully saturated rings. The van der Waals surface area contributed by atoms with Crippen LogP contribution in [0.4, 0.5) is 4.79 Å². The second-order valence-corrected chi connectivity index (χ2v) is 5.21. The first-order valence-corrected chi connectivity index (χ1v) is 6.00. The highest BCUT2D eigenvalue weighted by Crippen LogP contribution is 2.18. The summed E-state index contributed by atoms with van der Waals surface area (Å²) in [6, 6.07) is 7.43. The number of nitrogens with zero attached hydrogens (tertiary/aromatic N) is 2. The molecule has 1 amide bonds. The lowest BCUT2D eigenvalue weighted by Gasteiger charge is -2.34. The summed E-state index contributed by atoms with van der Waals surface area (Å²) in [4.78, 5) is 13.4. The van der Waals surface area contributed by atoms with Gasteiger partial charge in [-0.15, -0.1) is 0 Å². The van der Waals surface area contributed by atoms with Crippen molar-refractivity contribution in [2.75, 3.05) is 7.11 Å². The summed E-state index contributed by atoms with van der Waals surface area (Å²) in [6.45, 7) is 6.33. The summed E-state index contributed by atoms with van der Waals surface area (Å²) >= 11 is 0. The summed E-state index contributed by atoms with van der Waals surface area (Å²) in [7, 11) is 1.38. The number of ether oxygens (including phenoxy) is 1. The van der Waals surface area contributed by atoms with Crippen molar-refractivity contribution in [2.24, 2.45) is 5.16 Å². The van der Waals surface area contributed by atoms with Crippen molar-refractivity contribution in [1.82, 2.24) is 4.90 Å². The van der Waals surface area contributed by atoms with Crippen LogP contribution in [0.2, 0.25) is 0 Å². The van der Waals surface area contributed by atoms with E-state index < -0.39 is 0 Å². The molecule has 5 nitrogen and oxygen atoms in total. The van der Waals surface area contributed by atoms with Gasteiger partial charge in [0.05, 0.1) is 13.3 Å². The van der Waals surface area contributed by atoms with E-state index in [0.717, 1.165) is 11.1 Å². The van der Waals surface area contributed by atoms with Gasteiger partial charge in [-0.3, -0.25) is 4.90 Å². The maximum Gasteiger partial charge on any atom is 0.410 e. The van der Waals surface area contributed by atoms with Gasteiger partial charge >= 0.3 is 6.09 Å². The van der Waals surface area contributed by atoms with Gasteiger partial charge in [0.1, 0.15) is 0 Å². The number of methoxy groups -OCH3 is 1. The zero-order valence-electron chi connectivity index (χ0n) is 11.8. The zero-order valence-corrected chi connectivity index (χ0v) is 11.8. The number of oxime groups is 1. The minimum absolute atomic E-state index is 0.321. The Kier molecular flexibility index (Phi) is 4.92. The fourth-order valence-electron chi connectivity index (χ4n) is 1.64. The van der Waals surface area contributed by atoms with Crippen molar-refractivity contribution in [3.8, 4) is 0 Å². The van der Waals surface area contributed by atoms with Crippen LogP contribution < -0.4 is 0 Å². The molecule has 19 heavy (non-hydrogen) atoms. The van der Waals surface area contributed by atoms with Crippen molar-refractivity contribution in [2.45, 2.75) is 32.9 Å². The molecule has 1 aromatic carbocycles. The van der Waals surface area contributed by atoms with Crippen LogP contribution >= 0.6 is 0 Å². The molecule has 1 aromatic rings. The third-order valence-electron chi connectivity index (χ3n) is 2.73. The molecule has 0 saturated heterocycles. The molecule has 0 unspecified atom stereocenters. The van der Waals surface area contributed by atoms with Gasteiger partial charge in [-0.05, 0) is 31.9 Å². The monoisotopic (exact) mass is 264 g/mol. The van der Waals surface area contributed by atoms with Crippen LogP contribution in [0.3, 0.4) is 0 Å². The number of benzene rings is 1. The molecule has 0 heterocycles. The molecule has 0 aliphatic rings. The maximum absolute atomic E-state index is 11.8. The average molecular weight is 264 g/mol. The minimum atomic E-state index is -0.353. The average Bonchev–Trinajstić information content (AvgIpc) is 2.36. The van der Waals surface area contributed by atoms with Gasteiger partial charge in [-0.1, -0.05) is 29.4 Å². The third kappa shape index (κ3) is 4.28. The van der Waals surface area contributed by atoms with Crippen molar-refractivity contribution >= 4 is 12.3 Å². The van der Waals surface area contributed by atoms with Crippen molar-refractivity contribution in [3.63, 3.8) is 0 Å². The van der Waals surface area contributed by atoms with Gasteiger partial charge in [-0.2, -0.15) is 0 Å². The first-order valence-electron chi connectivity index (χ1n) is 6.00. The summed E-state index contributed by atoms with van der Waals surface area (Å²) in [5.41, 5.74) is 1.46. The molecular formula is C14H20N2O3. The highest BCUT2D eigenvalue weighted by atomic mass is 16.5. The van der Waals surface area contributed by atoms with Crippen molar-refractivity contribution in [1.29, 1.82) is 0 Å². The SMILES string of the molecule is COC(=O)N(Cc1ccc(/C=N/O)cc1)C(C)(C)C. The van der Waals surface area contributed by atoms with E-state index in [4.69, 9.17) is 9.94 Å². The van der Waals surface area contributed by atoms with Gasteiger partial charge in [-0.25, -0.2) is 4.79 Å². The van der Waals surface area contributed by atoms with E-state index in [0.29, 0.717) is 6.54 Å². The van der Waals surface area contributed by atoms with Crippen LogP contribution in [0.5, 0.6) is 0 Å². The van der Waals surface area contributed by atoms with Crippen molar-refractivity contribution in [3.05, 3.63) is 35.4 Å². The normalized spacial score (nSPS) is 11.6. The molecule has 0 atom stereocenters. The van der Waals surface area contributed by atoms with E-state index in [1.54, 1.807) is 4.90 Å². The lowest BCUT2D eigenvalue weighted by molar-refractivity contribution is 0.0793. The van der Waals surface area contributed by atoms with Gasteiger partial charge in [0, 0.05) is 12.1 Å². The standard InChI is InChI=1S/C14H20N2O3/c1-14(2,3)16(13(17)19-4)10-12-7-5-11(6-8-12)9-15-18/h5-9,18H,10H2,1-4H3/b15-9+. The van der Waals surface area contributed by atoms with Crippen LogP contribution in [0.15, 0.2) is 29.4 Å². The summed E-state index contributed by atoms with van der Waals surface area (Å²) in [6.07, 6.45) is 1.000. The van der Waals surface area contributed by atoms with Gasteiger partial charge in [0.2, 0.25) is 0 Å². The van der Waals surface area contributed by atoms with Gasteiger partial charge < -0.3 is 9.94 Å². The first kappa shape index (κ1) is 15.0. The second-order valence-electron chi connectivity index (χ2n) is 5.21. The van der Waals surface area contributed by atoms with Crippen LogP contribution in [-0.2, 0) is 11.3 Å². The molecule has 0 aliphatic carbocycles. The van der Waals surface area contributed by atoms with E-state index in [1.165, 1.54) is 13.3 Å². The minimum Gasteiger partial charge on any atom is -0.453 e. The molecule has 0 aromatic heterocycles. The molecule has 0 aliphatic heterocycles. The second kappa shape index (κ2) is 6.22. The fraction of sp³-hybridized carbons (Fsp3) is 0.429. The number of amides is 1. The van der Waals surface area contributed by atoms with E-state index in [1.807, 2.05) is 45.0 Å². The lowest BCUT2D eigenvalue weighted by atomic mass is 10.0. The number of carbonyl (C=O) groups excluding carboxylic acids is 1. The quantitative estimate of drug-likeness (QED) is 0.518. The Balaban J connectivity index is 2.88. The molecule has 0 saturated carbocycles. The zero-order chi connectivity index (χ0) is 14.5. The summed E-state index contributed by atoms with van der Waals surface area (Å²) in [5, 5.41) is 11.4. The van der Waals surface area contributed by atoms with Crippen LogP contribution in [0.1, 0.15) is 31.9 Å². The first-order chi connectivity index (χ1) is 8.88. The Morgan fingerprint density at radius 3 is 2.37 bits per heavy atom. The Hall–Kier alpha value is -2.04. The smallest absolute Gasteiger partial charge is 0.410 e. The van der Waals surface area contributed by atoms with E-state index in [2.05, 4.69) is 5.16 Å². The highest BCUT2D eigenvalue weighted by Gasteiger charge is 2.27. The molecule has 5 heteroatoms. The molecule has 0 radical (unpaired) electrons. The molecule has 104 valence electrons. The third-order valence-corrected chi connectivity index (χ3v) is 2.73. The molecule has 1 rings (SSSR count). The Morgan fingerprint density at radius 1 is 1.37 bits per heavy atom. The summed E-state index contributed by atoms with van der Waals surface area (Å²) in [5.74, 6) is 0. The Labute approximate surface area is 113 Å².